The topological polar surface area (TPSA) is 60.8 Å². The predicted molar refractivity (Wildman–Crippen MR) is 82.4 cm³/mol. The molecule has 0 fully saturated rings. The molecule has 1 aliphatic rings. The Hall–Kier alpha value is -2.95. The van der Waals surface area contributed by atoms with Crippen molar-refractivity contribution in [1.29, 1.82) is 0 Å². The molecule has 0 saturated carbocycles. The van der Waals surface area contributed by atoms with Gasteiger partial charge < -0.3 is 9.47 Å². The monoisotopic (exact) mass is 294 g/mol. The summed E-state index contributed by atoms with van der Waals surface area (Å²) in [5.41, 5.74) is 2.16. The van der Waals surface area contributed by atoms with Crippen LogP contribution in [0.5, 0.6) is 5.75 Å². The number of aliphatic imine (C=N–C) groups is 1. The number of rotatable bonds is 4. The lowest BCUT2D eigenvalue weighted by Gasteiger charge is -2.02. The van der Waals surface area contributed by atoms with Gasteiger partial charge in [0.05, 0.1) is 7.11 Å². The number of nitrogens with zero attached hydrogens (tertiary/aromatic N) is 2. The zero-order valence-corrected chi connectivity index (χ0v) is 12.0. The van der Waals surface area contributed by atoms with Crippen molar-refractivity contribution in [2.45, 2.75) is 6.42 Å². The SMILES string of the molecule is COc1ccc(CC2=N/C(=C/c3ccncc3)C(=O)O2)cc1. The molecular weight excluding hydrogens is 280 g/mol. The van der Waals surface area contributed by atoms with Crippen LogP contribution >= 0.6 is 0 Å². The van der Waals surface area contributed by atoms with Gasteiger partial charge in [-0.2, -0.15) is 0 Å². The van der Waals surface area contributed by atoms with Crippen LogP contribution < -0.4 is 4.74 Å². The summed E-state index contributed by atoms with van der Waals surface area (Å²) in [6.07, 6.45) is 5.47. The number of hydrogen-bond donors (Lipinski definition) is 0. The largest absolute Gasteiger partial charge is 0.497 e. The van der Waals surface area contributed by atoms with E-state index in [0.29, 0.717) is 18.0 Å². The summed E-state index contributed by atoms with van der Waals surface area (Å²) in [4.78, 5) is 20.0. The zero-order valence-electron chi connectivity index (χ0n) is 12.0. The van der Waals surface area contributed by atoms with E-state index >= 15 is 0 Å². The summed E-state index contributed by atoms with van der Waals surface area (Å²) in [5.74, 6) is 0.753. The zero-order chi connectivity index (χ0) is 15.4. The first-order valence-electron chi connectivity index (χ1n) is 6.79. The van der Waals surface area contributed by atoms with E-state index in [1.54, 1.807) is 37.7 Å². The van der Waals surface area contributed by atoms with Crippen LogP contribution in [0.15, 0.2) is 59.5 Å². The lowest BCUT2D eigenvalue weighted by atomic mass is 10.1. The molecule has 5 nitrogen and oxygen atoms in total. The van der Waals surface area contributed by atoms with E-state index in [4.69, 9.17) is 9.47 Å². The number of esters is 1. The molecule has 1 aliphatic heterocycles. The average Bonchev–Trinajstić information content (AvgIpc) is 2.88. The average molecular weight is 294 g/mol. The third kappa shape index (κ3) is 3.20. The standard InChI is InChI=1S/C17H14N2O3/c1-21-14-4-2-12(3-5-14)11-16-19-15(17(20)22-16)10-13-6-8-18-9-7-13/h2-10H,11H2,1H3/b15-10+. The molecule has 0 atom stereocenters. The maximum atomic E-state index is 11.8. The van der Waals surface area contributed by atoms with E-state index in [1.807, 2.05) is 24.3 Å². The summed E-state index contributed by atoms with van der Waals surface area (Å²) >= 11 is 0. The van der Waals surface area contributed by atoms with Gasteiger partial charge in [0, 0.05) is 18.8 Å². The Balaban J connectivity index is 1.76. The number of hydrogen-bond acceptors (Lipinski definition) is 5. The number of carbonyl (C=O) groups is 1. The minimum atomic E-state index is -0.430. The Bertz CT molecular complexity index is 734. The summed E-state index contributed by atoms with van der Waals surface area (Å²) < 4.78 is 10.3. The quantitative estimate of drug-likeness (QED) is 0.642. The van der Waals surface area contributed by atoms with E-state index in [1.165, 1.54) is 0 Å². The number of ether oxygens (including phenoxy) is 2. The van der Waals surface area contributed by atoms with Gasteiger partial charge in [-0.25, -0.2) is 9.79 Å². The number of benzene rings is 1. The highest BCUT2D eigenvalue weighted by Gasteiger charge is 2.22. The third-order valence-electron chi connectivity index (χ3n) is 3.19. The summed E-state index contributed by atoms with van der Waals surface area (Å²) in [7, 11) is 1.62. The van der Waals surface area contributed by atoms with Crippen LogP contribution in [-0.2, 0) is 16.0 Å². The molecule has 2 heterocycles. The highest BCUT2D eigenvalue weighted by molar-refractivity contribution is 6.07. The second kappa shape index (κ2) is 6.22. The number of cyclic esters (lactones) is 1. The minimum Gasteiger partial charge on any atom is -0.497 e. The van der Waals surface area contributed by atoms with E-state index in [-0.39, 0.29) is 0 Å². The lowest BCUT2D eigenvalue weighted by Crippen LogP contribution is -2.06. The first-order chi connectivity index (χ1) is 10.7. The lowest BCUT2D eigenvalue weighted by molar-refractivity contribution is -0.130. The second-order valence-electron chi connectivity index (χ2n) is 4.73. The van der Waals surface area contributed by atoms with Gasteiger partial charge in [0.15, 0.2) is 5.70 Å². The van der Waals surface area contributed by atoms with Crippen molar-refractivity contribution in [2.75, 3.05) is 7.11 Å². The molecule has 0 N–H and O–H groups in total. The third-order valence-corrected chi connectivity index (χ3v) is 3.19. The Morgan fingerprint density at radius 2 is 1.86 bits per heavy atom. The molecule has 3 rings (SSSR count). The number of carbonyl (C=O) groups excluding carboxylic acids is 1. The summed E-state index contributed by atoms with van der Waals surface area (Å²) in [6, 6.07) is 11.2. The van der Waals surface area contributed by atoms with Crippen molar-refractivity contribution in [3.63, 3.8) is 0 Å². The van der Waals surface area contributed by atoms with Crippen molar-refractivity contribution in [2.24, 2.45) is 4.99 Å². The number of methoxy groups -OCH3 is 1. The van der Waals surface area contributed by atoms with Crippen LogP contribution in [0.3, 0.4) is 0 Å². The van der Waals surface area contributed by atoms with Gasteiger partial charge in [-0.05, 0) is 41.5 Å². The van der Waals surface area contributed by atoms with Crippen LogP contribution in [0.4, 0.5) is 0 Å². The van der Waals surface area contributed by atoms with Crippen LogP contribution in [0, 0.1) is 0 Å². The molecule has 1 aromatic carbocycles. The molecule has 2 aromatic rings. The van der Waals surface area contributed by atoms with Gasteiger partial charge in [-0.15, -0.1) is 0 Å². The Labute approximate surface area is 127 Å². The fraction of sp³-hybridized carbons (Fsp3) is 0.118. The fourth-order valence-electron chi connectivity index (χ4n) is 2.06. The first kappa shape index (κ1) is 14.0. The molecule has 0 aliphatic carbocycles. The van der Waals surface area contributed by atoms with Crippen molar-refractivity contribution < 1.29 is 14.3 Å². The van der Waals surface area contributed by atoms with E-state index in [9.17, 15) is 4.79 Å². The van der Waals surface area contributed by atoms with Gasteiger partial charge >= 0.3 is 5.97 Å². The molecule has 0 radical (unpaired) electrons. The van der Waals surface area contributed by atoms with Crippen molar-refractivity contribution in [3.05, 3.63) is 65.6 Å². The van der Waals surface area contributed by atoms with Crippen LogP contribution in [0.1, 0.15) is 11.1 Å². The van der Waals surface area contributed by atoms with E-state index in [2.05, 4.69) is 9.98 Å². The molecule has 1 aromatic heterocycles. The Morgan fingerprint density at radius 1 is 1.14 bits per heavy atom. The molecule has 0 saturated heterocycles. The normalized spacial score (nSPS) is 15.6. The summed E-state index contributed by atoms with van der Waals surface area (Å²) in [5, 5.41) is 0. The van der Waals surface area contributed by atoms with E-state index < -0.39 is 5.97 Å². The molecular formula is C17H14N2O3. The van der Waals surface area contributed by atoms with Crippen molar-refractivity contribution in [1.82, 2.24) is 4.98 Å². The minimum absolute atomic E-state index is 0.301. The molecule has 0 amide bonds. The van der Waals surface area contributed by atoms with Gasteiger partial charge in [0.1, 0.15) is 5.75 Å². The van der Waals surface area contributed by atoms with Gasteiger partial charge in [0.2, 0.25) is 5.90 Å². The highest BCUT2D eigenvalue weighted by Crippen LogP contribution is 2.18. The van der Waals surface area contributed by atoms with Crippen LogP contribution in [0.2, 0.25) is 0 Å². The molecule has 22 heavy (non-hydrogen) atoms. The number of aromatic nitrogens is 1. The molecule has 0 spiro atoms. The van der Waals surface area contributed by atoms with Gasteiger partial charge in [0.25, 0.3) is 0 Å². The summed E-state index contributed by atoms with van der Waals surface area (Å²) in [6.45, 7) is 0. The highest BCUT2D eigenvalue weighted by atomic mass is 16.6. The van der Waals surface area contributed by atoms with E-state index in [0.717, 1.165) is 16.9 Å². The molecule has 110 valence electrons. The van der Waals surface area contributed by atoms with Crippen molar-refractivity contribution in [3.8, 4) is 5.75 Å². The van der Waals surface area contributed by atoms with Crippen LogP contribution in [-0.4, -0.2) is 24.0 Å². The maximum absolute atomic E-state index is 11.8. The number of pyridine rings is 1. The Morgan fingerprint density at radius 3 is 2.55 bits per heavy atom. The Kier molecular flexibility index (Phi) is 3.96. The molecule has 5 heteroatoms. The molecule has 0 bridgehead atoms. The molecule has 0 unspecified atom stereocenters. The van der Waals surface area contributed by atoms with Crippen molar-refractivity contribution >= 4 is 17.9 Å². The second-order valence-corrected chi connectivity index (χ2v) is 4.73. The predicted octanol–water partition coefficient (Wildman–Crippen LogP) is 2.63. The fourth-order valence-corrected chi connectivity index (χ4v) is 2.06. The van der Waals surface area contributed by atoms with Gasteiger partial charge in [-0.1, -0.05) is 12.1 Å². The smallest absolute Gasteiger partial charge is 0.363 e. The van der Waals surface area contributed by atoms with Gasteiger partial charge in [-0.3, -0.25) is 4.98 Å². The maximum Gasteiger partial charge on any atom is 0.363 e. The van der Waals surface area contributed by atoms with Crippen LogP contribution in [0.25, 0.3) is 6.08 Å². The first-order valence-corrected chi connectivity index (χ1v) is 6.79.